The maximum absolute atomic E-state index is 12.6. The van der Waals surface area contributed by atoms with Crippen molar-refractivity contribution in [1.82, 2.24) is 14.9 Å². The van der Waals surface area contributed by atoms with Gasteiger partial charge in [0.25, 0.3) is 0 Å². The van der Waals surface area contributed by atoms with Crippen molar-refractivity contribution in [3.05, 3.63) is 48.5 Å². The minimum atomic E-state index is -0.140. The zero-order valence-electron chi connectivity index (χ0n) is 13.2. The fourth-order valence-corrected chi connectivity index (χ4v) is 3.32. The van der Waals surface area contributed by atoms with Crippen LogP contribution in [-0.2, 0) is 0 Å². The van der Waals surface area contributed by atoms with Gasteiger partial charge in [-0.1, -0.05) is 24.3 Å². The van der Waals surface area contributed by atoms with Crippen molar-refractivity contribution < 1.29 is 4.79 Å². The van der Waals surface area contributed by atoms with E-state index in [1.807, 2.05) is 62.4 Å². The normalized spacial score (nSPS) is 16.1. The molecule has 0 fully saturated rings. The van der Waals surface area contributed by atoms with E-state index in [9.17, 15) is 4.79 Å². The first-order valence-electron chi connectivity index (χ1n) is 7.85. The molecule has 1 atom stereocenters. The van der Waals surface area contributed by atoms with Gasteiger partial charge in [0.05, 0.1) is 16.7 Å². The van der Waals surface area contributed by atoms with Crippen molar-refractivity contribution >= 4 is 22.8 Å². The van der Waals surface area contributed by atoms with Crippen LogP contribution in [-0.4, -0.2) is 22.1 Å². The number of nitrogens with zero attached hydrogens (tertiary/aromatic N) is 3. The summed E-state index contributed by atoms with van der Waals surface area (Å²) in [6.45, 7) is 4.56. The molecule has 1 aromatic heterocycles. The summed E-state index contributed by atoms with van der Waals surface area (Å²) >= 11 is 0. The molecule has 1 N–H and O–H groups in total. The first-order chi connectivity index (χ1) is 11.2. The number of para-hydroxylation sites is 3. The zero-order valence-corrected chi connectivity index (χ0v) is 13.2. The van der Waals surface area contributed by atoms with Crippen molar-refractivity contribution in [1.29, 1.82) is 0 Å². The molecule has 0 unspecified atom stereocenters. The Morgan fingerprint density at radius 1 is 1.17 bits per heavy atom. The van der Waals surface area contributed by atoms with E-state index < -0.39 is 0 Å². The third kappa shape index (κ3) is 1.93. The van der Waals surface area contributed by atoms with Gasteiger partial charge in [-0.15, -0.1) is 0 Å². The highest BCUT2D eigenvalue weighted by atomic mass is 16.2. The van der Waals surface area contributed by atoms with E-state index in [0.29, 0.717) is 6.54 Å². The molecule has 116 valence electrons. The second-order valence-corrected chi connectivity index (χ2v) is 5.65. The molecule has 0 aliphatic carbocycles. The average molecular weight is 306 g/mol. The van der Waals surface area contributed by atoms with E-state index >= 15 is 0 Å². The van der Waals surface area contributed by atoms with Crippen LogP contribution in [0.1, 0.15) is 20.0 Å². The molecule has 2 amide bonds. The Morgan fingerprint density at radius 3 is 2.74 bits per heavy atom. The molecule has 5 nitrogen and oxygen atoms in total. The number of amides is 2. The lowest BCUT2D eigenvalue weighted by atomic mass is 10.1. The van der Waals surface area contributed by atoms with Gasteiger partial charge in [-0.05, 0) is 38.1 Å². The molecular weight excluding hydrogens is 288 g/mol. The summed E-state index contributed by atoms with van der Waals surface area (Å²) in [7, 11) is 0. The molecule has 0 saturated heterocycles. The SMILES string of the molecule is CCNC(=O)N1c2ccccc2-c2nc3ccccc3n2[C@@H]1C. The van der Waals surface area contributed by atoms with Crippen molar-refractivity contribution in [2.24, 2.45) is 0 Å². The Morgan fingerprint density at radius 2 is 1.91 bits per heavy atom. The number of imidazole rings is 1. The Kier molecular flexibility index (Phi) is 3.08. The monoisotopic (exact) mass is 306 g/mol. The van der Waals surface area contributed by atoms with Crippen molar-refractivity contribution in [3.8, 4) is 11.4 Å². The minimum absolute atomic E-state index is 0.0871. The lowest BCUT2D eigenvalue weighted by molar-refractivity contribution is 0.242. The predicted molar refractivity (Wildman–Crippen MR) is 91.4 cm³/mol. The van der Waals surface area contributed by atoms with E-state index in [4.69, 9.17) is 4.98 Å². The molecule has 23 heavy (non-hydrogen) atoms. The predicted octanol–water partition coefficient (Wildman–Crippen LogP) is 3.77. The standard InChI is InChI=1S/C18H18N4O/c1-3-19-18(23)22-12(2)21-16-11-7-5-9-14(16)20-17(21)13-8-4-6-10-15(13)22/h4-12H,3H2,1-2H3,(H,19,23)/t12-/m0/s1. The topological polar surface area (TPSA) is 50.2 Å². The molecule has 2 aromatic carbocycles. The molecular formula is C18H18N4O. The number of anilines is 1. The highest BCUT2D eigenvalue weighted by Gasteiger charge is 2.33. The largest absolute Gasteiger partial charge is 0.338 e. The van der Waals surface area contributed by atoms with Crippen LogP contribution in [0.15, 0.2) is 48.5 Å². The molecule has 0 saturated carbocycles. The molecule has 0 spiro atoms. The Labute approximate surface area is 134 Å². The minimum Gasteiger partial charge on any atom is -0.338 e. The van der Waals surface area contributed by atoms with Crippen molar-refractivity contribution in [2.45, 2.75) is 20.0 Å². The van der Waals surface area contributed by atoms with Crippen LogP contribution < -0.4 is 10.2 Å². The van der Waals surface area contributed by atoms with Gasteiger partial charge in [0.15, 0.2) is 0 Å². The first kappa shape index (κ1) is 13.8. The second kappa shape index (κ2) is 5.12. The highest BCUT2D eigenvalue weighted by molar-refractivity contribution is 5.99. The van der Waals surface area contributed by atoms with Gasteiger partial charge in [0.1, 0.15) is 12.0 Å². The summed E-state index contributed by atoms with van der Waals surface area (Å²) in [6.07, 6.45) is -0.140. The molecule has 4 rings (SSSR count). The highest BCUT2D eigenvalue weighted by Crippen LogP contribution is 2.41. The van der Waals surface area contributed by atoms with Crippen LogP contribution in [0.3, 0.4) is 0 Å². The Balaban J connectivity index is 2.00. The Hall–Kier alpha value is -2.82. The van der Waals surface area contributed by atoms with Crippen molar-refractivity contribution in [3.63, 3.8) is 0 Å². The van der Waals surface area contributed by atoms with Gasteiger partial charge >= 0.3 is 6.03 Å². The molecule has 0 radical (unpaired) electrons. The van der Waals surface area contributed by atoms with Gasteiger partial charge in [0.2, 0.25) is 0 Å². The van der Waals surface area contributed by atoms with E-state index in [-0.39, 0.29) is 12.2 Å². The quantitative estimate of drug-likeness (QED) is 0.744. The van der Waals surface area contributed by atoms with Crippen LogP contribution in [0.4, 0.5) is 10.5 Å². The first-order valence-corrected chi connectivity index (χ1v) is 7.85. The van der Waals surface area contributed by atoms with Gasteiger partial charge in [-0.3, -0.25) is 4.90 Å². The fraction of sp³-hybridized carbons (Fsp3) is 0.222. The molecule has 3 aromatic rings. The number of urea groups is 1. The lowest BCUT2D eigenvalue weighted by Crippen LogP contribution is -2.45. The lowest BCUT2D eigenvalue weighted by Gasteiger charge is -2.36. The number of nitrogens with one attached hydrogen (secondary N) is 1. The molecule has 2 heterocycles. The van der Waals surface area contributed by atoms with Gasteiger partial charge in [-0.25, -0.2) is 9.78 Å². The number of rotatable bonds is 1. The number of carbonyl (C=O) groups excluding carboxylic acids is 1. The third-order valence-corrected chi connectivity index (χ3v) is 4.29. The number of aromatic nitrogens is 2. The summed E-state index contributed by atoms with van der Waals surface area (Å²) in [5.41, 5.74) is 3.86. The molecule has 1 aliphatic heterocycles. The van der Waals surface area contributed by atoms with E-state index in [1.54, 1.807) is 4.90 Å². The number of hydrogen-bond donors (Lipinski definition) is 1. The summed E-state index contributed by atoms with van der Waals surface area (Å²) < 4.78 is 2.13. The maximum Gasteiger partial charge on any atom is 0.323 e. The zero-order chi connectivity index (χ0) is 16.0. The Bertz CT molecular complexity index is 899. The maximum atomic E-state index is 12.6. The summed E-state index contributed by atoms with van der Waals surface area (Å²) in [5, 5.41) is 2.91. The fourth-order valence-electron chi connectivity index (χ4n) is 3.32. The number of hydrogen-bond acceptors (Lipinski definition) is 2. The summed E-state index contributed by atoms with van der Waals surface area (Å²) in [4.78, 5) is 19.2. The molecule has 0 bridgehead atoms. The van der Waals surface area contributed by atoms with Crippen LogP contribution in [0.2, 0.25) is 0 Å². The van der Waals surface area contributed by atoms with Crippen LogP contribution in [0.25, 0.3) is 22.4 Å². The van der Waals surface area contributed by atoms with E-state index in [1.165, 1.54) is 0 Å². The summed E-state index contributed by atoms with van der Waals surface area (Å²) in [6, 6.07) is 15.9. The number of carbonyl (C=O) groups is 1. The van der Waals surface area contributed by atoms with Crippen molar-refractivity contribution in [2.75, 3.05) is 11.4 Å². The van der Waals surface area contributed by atoms with E-state index in [0.717, 1.165) is 28.1 Å². The van der Waals surface area contributed by atoms with Crippen LogP contribution in [0.5, 0.6) is 0 Å². The third-order valence-electron chi connectivity index (χ3n) is 4.29. The second-order valence-electron chi connectivity index (χ2n) is 5.65. The van der Waals surface area contributed by atoms with Gasteiger partial charge < -0.3 is 9.88 Å². The van der Waals surface area contributed by atoms with Gasteiger partial charge in [-0.2, -0.15) is 0 Å². The average Bonchev–Trinajstić information content (AvgIpc) is 2.95. The summed E-state index contributed by atoms with van der Waals surface area (Å²) in [5.74, 6) is 0.912. The smallest absolute Gasteiger partial charge is 0.323 e. The molecule has 5 heteroatoms. The van der Waals surface area contributed by atoms with E-state index in [2.05, 4.69) is 9.88 Å². The number of benzene rings is 2. The number of fused-ring (bicyclic) bond motifs is 5. The molecule has 1 aliphatic rings. The van der Waals surface area contributed by atoms with Crippen LogP contribution in [0, 0.1) is 0 Å². The van der Waals surface area contributed by atoms with Crippen LogP contribution >= 0.6 is 0 Å². The van der Waals surface area contributed by atoms with Gasteiger partial charge in [0, 0.05) is 12.1 Å².